The summed E-state index contributed by atoms with van der Waals surface area (Å²) in [7, 11) is 0. The van der Waals surface area contributed by atoms with Crippen LogP contribution in [-0.4, -0.2) is 37.0 Å². The number of hydrogen-bond acceptors (Lipinski definition) is 3. The summed E-state index contributed by atoms with van der Waals surface area (Å²) in [5, 5.41) is 3.10. The number of morpholine rings is 1. The Morgan fingerprint density at radius 1 is 1.26 bits per heavy atom. The van der Waals surface area contributed by atoms with E-state index in [2.05, 4.69) is 30.1 Å². The summed E-state index contributed by atoms with van der Waals surface area (Å²) in [6.07, 6.45) is -0.142. The number of nitrogens with one attached hydrogen (secondary N) is 1. The van der Waals surface area contributed by atoms with Gasteiger partial charge in [0, 0.05) is 18.8 Å². The van der Waals surface area contributed by atoms with Crippen molar-refractivity contribution in [3.63, 3.8) is 0 Å². The normalized spacial score (nSPS) is 17.9. The van der Waals surface area contributed by atoms with Crippen LogP contribution in [0, 0.1) is 12.7 Å². The van der Waals surface area contributed by atoms with Gasteiger partial charge in [0.2, 0.25) is 5.91 Å². The molecule has 0 spiro atoms. The van der Waals surface area contributed by atoms with E-state index >= 15 is 0 Å². The Hall–Kier alpha value is -2.24. The van der Waals surface area contributed by atoms with E-state index in [0.717, 1.165) is 22.4 Å². The van der Waals surface area contributed by atoms with Crippen molar-refractivity contribution >= 4 is 11.6 Å². The Balaban J connectivity index is 1.64. The standard InChI is InChI=1S/C22H27FN2O2/c1-15(2)19-6-4-5-16(3)22(19)24-21(26)14-25-11-12-27-20(13-25)17-7-9-18(23)10-8-17/h4-10,15,20H,11-14H2,1-3H3,(H,24,26). The third-order valence-electron chi connectivity index (χ3n) is 4.95. The fourth-order valence-corrected chi connectivity index (χ4v) is 3.45. The van der Waals surface area contributed by atoms with Crippen LogP contribution in [0.2, 0.25) is 0 Å². The van der Waals surface area contributed by atoms with Crippen LogP contribution in [0.4, 0.5) is 10.1 Å². The summed E-state index contributed by atoms with van der Waals surface area (Å²) < 4.78 is 18.9. The molecule has 1 aliphatic heterocycles. The van der Waals surface area contributed by atoms with Crippen LogP contribution < -0.4 is 5.32 Å². The number of anilines is 1. The number of hydrogen-bond donors (Lipinski definition) is 1. The Bertz CT molecular complexity index is 789. The number of para-hydroxylation sites is 1. The van der Waals surface area contributed by atoms with Crippen molar-refractivity contribution in [3.05, 3.63) is 65.0 Å². The maximum atomic E-state index is 13.1. The molecule has 0 saturated carbocycles. The van der Waals surface area contributed by atoms with E-state index < -0.39 is 0 Å². The first-order chi connectivity index (χ1) is 12.9. The third kappa shape index (κ3) is 4.93. The van der Waals surface area contributed by atoms with Crippen LogP contribution in [0.1, 0.15) is 42.6 Å². The molecule has 1 heterocycles. The molecule has 0 radical (unpaired) electrons. The predicted octanol–water partition coefficient (Wildman–Crippen LogP) is 4.27. The Morgan fingerprint density at radius 3 is 2.70 bits per heavy atom. The number of carbonyl (C=O) groups is 1. The first-order valence-electron chi connectivity index (χ1n) is 9.43. The lowest BCUT2D eigenvalue weighted by atomic mass is 9.98. The number of nitrogens with zero attached hydrogens (tertiary/aromatic N) is 1. The van der Waals surface area contributed by atoms with E-state index in [1.165, 1.54) is 12.1 Å². The van der Waals surface area contributed by atoms with Crippen LogP contribution in [0.15, 0.2) is 42.5 Å². The number of benzene rings is 2. The van der Waals surface area contributed by atoms with Gasteiger partial charge in [-0.05, 0) is 41.7 Å². The van der Waals surface area contributed by atoms with Crippen molar-refractivity contribution in [1.29, 1.82) is 0 Å². The lowest BCUT2D eigenvalue weighted by Crippen LogP contribution is -2.42. The molecule has 1 amide bonds. The van der Waals surface area contributed by atoms with E-state index in [4.69, 9.17) is 4.74 Å². The van der Waals surface area contributed by atoms with Gasteiger partial charge in [0.25, 0.3) is 0 Å². The lowest BCUT2D eigenvalue weighted by molar-refractivity contribution is -0.119. The van der Waals surface area contributed by atoms with Crippen molar-refractivity contribution in [2.45, 2.75) is 32.8 Å². The van der Waals surface area contributed by atoms with E-state index in [0.29, 0.717) is 32.2 Å². The van der Waals surface area contributed by atoms with Crippen LogP contribution in [0.5, 0.6) is 0 Å². The zero-order chi connectivity index (χ0) is 19.4. The number of rotatable bonds is 5. The molecule has 144 valence electrons. The fourth-order valence-electron chi connectivity index (χ4n) is 3.45. The van der Waals surface area contributed by atoms with Gasteiger partial charge in [-0.25, -0.2) is 4.39 Å². The highest BCUT2D eigenvalue weighted by molar-refractivity contribution is 5.94. The van der Waals surface area contributed by atoms with E-state index in [1.807, 2.05) is 19.1 Å². The SMILES string of the molecule is Cc1cccc(C(C)C)c1NC(=O)CN1CCOC(c2ccc(F)cc2)C1. The molecule has 2 aromatic carbocycles. The smallest absolute Gasteiger partial charge is 0.238 e. The van der Waals surface area contributed by atoms with Gasteiger partial charge in [-0.2, -0.15) is 0 Å². The van der Waals surface area contributed by atoms with Gasteiger partial charge in [-0.15, -0.1) is 0 Å². The molecule has 4 nitrogen and oxygen atoms in total. The highest BCUT2D eigenvalue weighted by atomic mass is 19.1. The average molecular weight is 370 g/mol. The molecule has 0 aliphatic carbocycles. The summed E-state index contributed by atoms with van der Waals surface area (Å²) >= 11 is 0. The topological polar surface area (TPSA) is 41.6 Å². The van der Waals surface area contributed by atoms with Gasteiger partial charge in [0.1, 0.15) is 5.82 Å². The molecule has 0 aromatic heterocycles. The highest BCUT2D eigenvalue weighted by Gasteiger charge is 2.24. The second-order valence-corrected chi connectivity index (χ2v) is 7.39. The molecule has 1 N–H and O–H groups in total. The molecule has 27 heavy (non-hydrogen) atoms. The molecule has 1 unspecified atom stereocenters. The van der Waals surface area contributed by atoms with Crippen molar-refractivity contribution in [2.24, 2.45) is 0 Å². The van der Waals surface area contributed by atoms with Crippen LogP contribution in [0.25, 0.3) is 0 Å². The lowest BCUT2D eigenvalue weighted by Gasteiger charge is -2.32. The Morgan fingerprint density at radius 2 is 2.00 bits per heavy atom. The molecular weight excluding hydrogens is 343 g/mol. The quantitative estimate of drug-likeness (QED) is 0.855. The van der Waals surface area contributed by atoms with Gasteiger partial charge in [0.15, 0.2) is 0 Å². The van der Waals surface area contributed by atoms with Gasteiger partial charge in [0.05, 0.1) is 19.3 Å². The molecule has 1 saturated heterocycles. The third-order valence-corrected chi connectivity index (χ3v) is 4.95. The molecular formula is C22H27FN2O2. The molecule has 1 atom stereocenters. The number of halogens is 1. The number of amides is 1. The largest absolute Gasteiger partial charge is 0.371 e. The summed E-state index contributed by atoms with van der Waals surface area (Å²) in [6.45, 7) is 8.45. The van der Waals surface area contributed by atoms with Gasteiger partial charge in [-0.1, -0.05) is 44.2 Å². The first kappa shape index (κ1) is 19.5. The van der Waals surface area contributed by atoms with Crippen molar-refractivity contribution in [3.8, 4) is 0 Å². The van der Waals surface area contributed by atoms with Crippen LogP contribution in [-0.2, 0) is 9.53 Å². The zero-order valence-electron chi connectivity index (χ0n) is 16.2. The number of carbonyl (C=O) groups excluding carboxylic acids is 1. The van der Waals surface area contributed by atoms with Crippen molar-refractivity contribution in [1.82, 2.24) is 4.90 Å². The maximum absolute atomic E-state index is 13.1. The van der Waals surface area contributed by atoms with Gasteiger partial charge in [-0.3, -0.25) is 9.69 Å². The maximum Gasteiger partial charge on any atom is 0.238 e. The second kappa shape index (κ2) is 8.63. The molecule has 2 aromatic rings. The van der Waals surface area contributed by atoms with Crippen LogP contribution in [0.3, 0.4) is 0 Å². The minimum atomic E-state index is -0.259. The van der Waals surface area contributed by atoms with Gasteiger partial charge >= 0.3 is 0 Å². The minimum absolute atomic E-state index is 0.0223. The first-order valence-corrected chi connectivity index (χ1v) is 9.43. The summed E-state index contributed by atoms with van der Waals surface area (Å²) in [5.74, 6) is 0.0578. The van der Waals surface area contributed by atoms with Gasteiger partial charge < -0.3 is 10.1 Å². The minimum Gasteiger partial charge on any atom is -0.371 e. The van der Waals surface area contributed by atoms with E-state index in [9.17, 15) is 9.18 Å². The molecule has 1 fully saturated rings. The van der Waals surface area contributed by atoms with E-state index in [1.54, 1.807) is 12.1 Å². The van der Waals surface area contributed by atoms with E-state index in [-0.39, 0.29) is 17.8 Å². The van der Waals surface area contributed by atoms with Crippen LogP contribution >= 0.6 is 0 Å². The summed E-state index contributed by atoms with van der Waals surface area (Å²) in [4.78, 5) is 14.7. The zero-order valence-corrected chi connectivity index (χ0v) is 16.2. The summed E-state index contributed by atoms with van der Waals surface area (Å²) in [5.41, 5.74) is 4.07. The van der Waals surface area contributed by atoms with Crippen molar-refractivity contribution < 1.29 is 13.9 Å². The Kier molecular flexibility index (Phi) is 6.24. The monoisotopic (exact) mass is 370 g/mol. The summed E-state index contributed by atoms with van der Waals surface area (Å²) in [6, 6.07) is 12.5. The molecule has 5 heteroatoms. The second-order valence-electron chi connectivity index (χ2n) is 7.39. The molecule has 0 bridgehead atoms. The number of ether oxygens (including phenoxy) is 1. The Labute approximate surface area is 160 Å². The predicted molar refractivity (Wildman–Crippen MR) is 105 cm³/mol. The number of aryl methyl sites for hydroxylation is 1. The molecule has 3 rings (SSSR count). The average Bonchev–Trinajstić information content (AvgIpc) is 2.64. The molecule has 1 aliphatic rings. The highest BCUT2D eigenvalue weighted by Crippen LogP contribution is 2.27. The fraction of sp³-hybridized carbons (Fsp3) is 0.409. The van der Waals surface area contributed by atoms with Crippen molar-refractivity contribution in [2.75, 3.05) is 31.6 Å².